The van der Waals surface area contributed by atoms with Crippen LogP contribution in [0, 0.1) is 5.82 Å². The molecule has 12 heteroatoms. The highest BCUT2D eigenvalue weighted by molar-refractivity contribution is 7.95. The van der Waals surface area contributed by atoms with Crippen molar-refractivity contribution in [3.8, 4) is 22.8 Å². The highest BCUT2D eigenvalue weighted by Gasteiger charge is 2.49. The highest BCUT2D eigenvalue weighted by atomic mass is 32.2. The minimum atomic E-state index is -3.71. The van der Waals surface area contributed by atoms with Gasteiger partial charge in [0.15, 0.2) is 17.3 Å². The molecule has 10 nitrogen and oxygen atoms in total. The van der Waals surface area contributed by atoms with Gasteiger partial charge in [-0.05, 0) is 71.7 Å². The van der Waals surface area contributed by atoms with Crippen LogP contribution >= 0.6 is 0 Å². The zero-order chi connectivity index (χ0) is 32.0. The first kappa shape index (κ1) is 25.3. The lowest BCUT2D eigenvalue weighted by molar-refractivity contribution is 0.0560. The van der Waals surface area contributed by atoms with E-state index in [0.717, 1.165) is 12.0 Å². The molecule has 0 aliphatic carbocycles. The molecule has 0 bridgehead atoms. The van der Waals surface area contributed by atoms with Crippen LogP contribution in [0.5, 0.6) is 0 Å². The van der Waals surface area contributed by atoms with E-state index in [1.807, 2.05) is 6.92 Å². The smallest absolute Gasteiger partial charge is 0.413 e. The maximum absolute atomic E-state index is 15.6. The number of alkyl carbamates (subject to hydrolysis) is 1. The molecule has 2 atom stereocenters. The first-order valence-electron chi connectivity index (χ1n) is 14.2. The van der Waals surface area contributed by atoms with E-state index in [4.69, 9.17) is 13.4 Å². The second-order valence-corrected chi connectivity index (χ2v) is 14.1. The van der Waals surface area contributed by atoms with E-state index in [9.17, 15) is 9.00 Å². The number of benzene rings is 1. The summed E-state index contributed by atoms with van der Waals surface area (Å²) in [6.07, 6.45) is 3.28. The van der Waals surface area contributed by atoms with Crippen molar-refractivity contribution in [2.45, 2.75) is 70.8 Å². The summed E-state index contributed by atoms with van der Waals surface area (Å²) >= 11 is 0. The Kier molecular flexibility index (Phi) is 6.57. The Balaban J connectivity index is 1.83. The Hall–Kier alpha value is -3.67. The summed E-state index contributed by atoms with van der Waals surface area (Å²) in [5, 5.41) is 6.58. The molecular weight excluding hydrogens is 535 g/mol. The highest BCUT2D eigenvalue weighted by Crippen LogP contribution is 2.40. The molecular formula is C28H35FN6O4S. The van der Waals surface area contributed by atoms with Crippen molar-refractivity contribution < 1.29 is 26.8 Å². The number of ether oxygens (including phenoxy) is 1. The van der Waals surface area contributed by atoms with Gasteiger partial charge in [0.1, 0.15) is 27.5 Å². The van der Waals surface area contributed by atoms with Crippen LogP contribution in [-0.2, 0) is 26.4 Å². The van der Waals surface area contributed by atoms with E-state index in [1.165, 1.54) is 39.0 Å². The molecule has 0 fully saturated rings. The number of amidine groups is 1. The summed E-state index contributed by atoms with van der Waals surface area (Å²) in [5.74, 6) is -0.648. The van der Waals surface area contributed by atoms with E-state index in [0.29, 0.717) is 17.1 Å². The van der Waals surface area contributed by atoms with Gasteiger partial charge < -0.3 is 9.26 Å². The van der Waals surface area contributed by atoms with Crippen LogP contribution in [0.1, 0.15) is 63.7 Å². The average molecular weight is 574 g/mol. The Labute approximate surface area is 238 Å². The zero-order valence-corrected chi connectivity index (χ0v) is 24.4. The molecule has 4 rings (SSSR count). The number of hydrogen-bond donors (Lipinski definition) is 1. The summed E-state index contributed by atoms with van der Waals surface area (Å²) < 4.78 is 66.4. The lowest BCUT2D eigenvalue weighted by Crippen LogP contribution is -2.57. The van der Waals surface area contributed by atoms with Crippen molar-refractivity contribution in [3.05, 3.63) is 53.6 Å². The third-order valence-electron chi connectivity index (χ3n) is 6.65. The van der Waals surface area contributed by atoms with Crippen LogP contribution in [0.3, 0.4) is 0 Å². The molecule has 40 heavy (non-hydrogen) atoms. The Morgan fingerprint density at radius 1 is 1.25 bits per heavy atom. The number of hydrogen-bond acceptors (Lipinski definition) is 9. The molecule has 0 radical (unpaired) electrons. The van der Waals surface area contributed by atoms with Gasteiger partial charge in [0, 0.05) is 40.7 Å². The van der Waals surface area contributed by atoms with Crippen LogP contribution in [0.2, 0.25) is 0 Å². The third kappa shape index (κ3) is 5.63. The van der Waals surface area contributed by atoms with Gasteiger partial charge in [-0.15, -0.1) is 0 Å². The number of nitrogens with zero attached hydrogens (tertiary/aromatic N) is 5. The van der Waals surface area contributed by atoms with E-state index < -0.39 is 50.3 Å². The molecule has 0 unspecified atom stereocenters. The number of aryl methyl sites for hydroxylation is 1. The molecule has 3 aromatic rings. The Bertz CT molecular complexity index is 1690. The molecule has 3 heterocycles. The first-order chi connectivity index (χ1) is 19.8. The van der Waals surface area contributed by atoms with Crippen molar-refractivity contribution in [3.63, 3.8) is 0 Å². The largest absolute Gasteiger partial charge is 0.444 e. The van der Waals surface area contributed by atoms with Crippen molar-refractivity contribution >= 4 is 21.7 Å². The number of aliphatic imine (C=N–C) groups is 1. The SMILES string of the molecule is [2H]C([2H])([2H])N=[S@@]1(=O)C[C@@](C)(c2cc(-c3cc(-c4ncc(CC)cn4)no3)ccc2F)N=C(NC(=O)OC(C)(C)C)C1(C)C. The lowest BCUT2D eigenvalue weighted by atomic mass is 9.91. The Morgan fingerprint density at radius 3 is 2.58 bits per heavy atom. The van der Waals surface area contributed by atoms with Crippen LogP contribution < -0.4 is 5.32 Å². The van der Waals surface area contributed by atoms with Crippen LogP contribution in [0.4, 0.5) is 9.18 Å². The normalized spacial score (nSPS) is 23.8. The fraction of sp³-hybridized carbons (Fsp3) is 0.464. The fourth-order valence-corrected chi connectivity index (χ4v) is 6.30. The van der Waals surface area contributed by atoms with Gasteiger partial charge in [-0.25, -0.2) is 27.7 Å². The number of carbonyl (C=O) groups excluding carboxylic acids is 1. The summed E-state index contributed by atoms with van der Waals surface area (Å²) in [5.41, 5.74) is -0.746. The zero-order valence-electron chi connectivity index (χ0n) is 26.5. The van der Waals surface area contributed by atoms with Crippen molar-refractivity contribution in [1.29, 1.82) is 0 Å². The topological polar surface area (TPSA) is 132 Å². The van der Waals surface area contributed by atoms with Crippen LogP contribution in [0.15, 0.2) is 50.5 Å². The molecule has 214 valence electrons. The molecule has 2 aromatic heterocycles. The number of halogens is 1. The molecule has 1 aliphatic heterocycles. The van der Waals surface area contributed by atoms with Gasteiger partial charge >= 0.3 is 6.09 Å². The molecule has 0 saturated carbocycles. The van der Waals surface area contributed by atoms with Gasteiger partial charge in [0.05, 0.1) is 15.5 Å². The Morgan fingerprint density at radius 2 is 1.95 bits per heavy atom. The van der Waals surface area contributed by atoms with Gasteiger partial charge in [-0.1, -0.05) is 12.1 Å². The van der Waals surface area contributed by atoms with Gasteiger partial charge in [0.25, 0.3) is 0 Å². The quantitative estimate of drug-likeness (QED) is 0.434. The second kappa shape index (κ2) is 10.4. The predicted octanol–water partition coefficient (Wildman–Crippen LogP) is 5.53. The maximum Gasteiger partial charge on any atom is 0.413 e. The first-order valence-corrected chi connectivity index (χ1v) is 14.4. The molecule has 1 aromatic carbocycles. The lowest BCUT2D eigenvalue weighted by Gasteiger charge is -2.41. The maximum atomic E-state index is 15.6. The summed E-state index contributed by atoms with van der Waals surface area (Å²) in [6, 6.07) is 5.75. The van der Waals surface area contributed by atoms with Gasteiger partial charge in [0.2, 0.25) is 0 Å². The predicted molar refractivity (Wildman–Crippen MR) is 152 cm³/mol. The van der Waals surface area contributed by atoms with Crippen LogP contribution in [-0.4, -0.2) is 54.3 Å². The molecule has 1 N–H and O–H groups in total. The van der Waals surface area contributed by atoms with E-state index in [2.05, 4.69) is 29.8 Å². The minimum absolute atomic E-state index is 0.0149. The molecule has 0 saturated heterocycles. The third-order valence-corrected chi connectivity index (χ3v) is 9.69. The van der Waals surface area contributed by atoms with E-state index in [-0.39, 0.29) is 17.2 Å². The number of aromatic nitrogens is 3. The monoisotopic (exact) mass is 573 g/mol. The average Bonchev–Trinajstić information content (AvgIpc) is 3.36. The van der Waals surface area contributed by atoms with Crippen LogP contribution in [0.25, 0.3) is 22.8 Å². The van der Waals surface area contributed by atoms with Crippen molar-refractivity contribution in [2.75, 3.05) is 12.7 Å². The number of amides is 1. The molecule has 0 spiro atoms. The fourth-order valence-electron chi connectivity index (χ4n) is 4.27. The van der Waals surface area contributed by atoms with Crippen molar-refractivity contribution in [2.24, 2.45) is 9.36 Å². The van der Waals surface area contributed by atoms with Crippen molar-refractivity contribution in [1.82, 2.24) is 20.4 Å². The summed E-state index contributed by atoms with van der Waals surface area (Å²) in [4.78, 5) is 26.1. The number of nitrogens with one attached hydrogen (secondary N) is 1. The number of rotatable bonds is 4. The molecule has 1 amide bonds. The summed E-state index contributed by atoms with van der Waals surface area (Å²) in [6.45, 7) is 8.50. The van der Waals surface area contributed by atoms with E-state index >= 15 is 4.39 Å². The van der Waals surface area contributed by atoms with Gasteiger partial charge in [-0.3, -0.25) is 10.3 Å². The minimum Gasteiger partial charge on any atom is -0.444 e. The standard InChI is InChI=1S/C28H35FN6O4S/c1-9-17-14-31-23(32-15-17)21-13-22(39-35-21)18-10-11-20(29)19(12-18)28(7)16-40(37,30-8)27(5,6)24(34-28)33-25(36)38-26(2,3)4/h10-15H,9,16H2,1-8H3,(H,33,34,36)/t28-,40+/m0/s1/i8D3. The van der Waals surface area contributed by atoms with E-state index in [1.54, 1.807) is 39.2 Å². The number of carbonyl (C=O) groups is 1. The van der Waals surface area contributed by atoms with Gasteiger partial charge in [-0.2, -0.15) is 0 Å². The second-order valence-electron chi connectivity index (χ2n) is 11.3. The summed E-state index contributed by atoms with van der Waals surface area (Å²) in [7, 11) is -3.71. The molecule has 1 aliphatic rings.